The van der Waals surface area contributed by atoms with Crippen molar-refractivity contribution in [3.63, 3.8) is 0 Å². The second-order valence-corrected chi connectivity index (χ2v) is 2.61. The zero-order valence-corrected chi connectivity index (χ0v) is 7.66. The maximum Gasteiger partial charge on any atom is 0.165 e. The second-order valence-electron chi connectivity index (χ2n) is 2.61. The lowest BCUT2D eigenvalue weighted by Gasteiger charge is -1.98. The Morgan fingerprint density at radius 3 is 2.69 bits per heavy atom. The van der Waals surface area contributed by atoms with Crippen LogP contribution in [0.5, 0.6) is 0 Å². The number of ether oxygens (including phenoxy) is 1. The van der Waals surface area contributed by atoms with Crippen LogP contribution in [0.3, 0.4) is 0 Å². The van der Waals surface area contributed by atoms with Gasteiger partial charge in [-0.3, -0.25) is 0 Å². The highest BCUT2D eigenvalue weighted by Gasteiger charge is 1.90. The van der Waals surface area contributed by atoms with Crippen LogP contribution in [0.25, 0.3) is 0 Å². The molecule has 0 saturated carbocycles. The molecule has 0 bridgehead atoms. The van der Waals surface area contributed by atoms with E-state index in [0.717, 1.165) is 6.42 Å². The predicted octanol–water partition coefficient (Wildman–Crippen LogP) is 2.39. The number of benzene rings is 1. The molecular formula is C12H12O. The molecule has 1 heteroatoms. The lowest BCUT2D eigenvalue weighted by atomic mass is 10.1. The van der Waals surface area contributed by atoms with Crippen LogP contribution in [-0.2, 0) is 11.2 Å². The van der Waals surface area contributed by atoms with Crippen molar-refractivity contribution >= 4 is 0 Å². The molecule has 0 aromatic heterocycles. The van der Waals surface area contributed by atoms with E-state index in [0.29, 0.717) is 5.76 Å². The topological polar surface area (TPSA) is 9.23 Å². The summed E-state index contributed by atoms with van der Waals surface area (Å²) < 4.78 is 4.95. The molecule has 0 unspecified atom stereocenters. The maximum atomic E-state index is 5.20. The molecular weight excluding hydrogens is 160 g/mol. The van der Waals surface area contributed by atoms with Crippen molar-refractivity contribution in [1.82, 2.24) is 0 Å². The van der Waals surface area contributed by atoms with Gasteiger partial charge in [0.2, 0.25) is 0 Å². The van der Waals surface area contributed by atoms with Gasteiger partial charge in [-0.05, 0) is 24.0 Å². The third-order valence-electron chi connectivity index (χ3n) is 1.73. The minimum Gasteiger partial charge on any atom is -0.489 e. The van der Waals surface area contributed by atoms with Gasteiger partial charge in [-0.2, -0.15) is 0 Å². The molecule has 0 aliphatic carbocycles. The summed E-state index contributed by atoms with van der Waals surface area (Å²) in [6.07, 6.45) is 7.92. The molecule has 0 atom stereocenters. The average molecular weight is 172 g/mol. The molecule has 0 fully saturated rings. The fourth-order valence-corrected chi connectivity index (χ4v) is 1.03. The first kappa shape index (κ1) is 9.41. The van der Waals surface area contributed by atoms with Crippen LogP contribution in [0.4, 0.5) is 0 Å². The van der Waals surface area contributed by atoms with Crippen molar-refractivity contribution in [3.8, 4) is 12.3 Å². The number of terminal acetylenes is 1. The van der Waals surface area contributed by atoms with Crippen LogP contribution in [0.15, 0.2) is 42.2 Å². The first-order valence-corrected chi connectivity index (χ1v) is 4.11. The predicted molar refractivity (Wildman–Crippen MR) is 54.1 cm³/mol. The molecule has 0 saturated heterocycles. The standard InChI is InChI=1S/C12H12O/c1-3-12(13-2)10-9-11-7-5-4-6-8-11/h1,4-8,10H,9H2,2H3/b12-10-. The molecule has 0 N–H and O–H groups in total. The first-order chi connectivity index (χ1) is 6.36. The van der Waals surface area contributed by atoms with E-state index in [4.69, 9.17) is 11.2 Å². The minimum absolute atomic E-state index is 0.587. The summed E-state index contributed by atoms with van der Waals surface area (Å²) in [6, 6.07) is 10.1. The molecule has 66 valence electrons. The molecule has 0 aliphatic rings. The van der Waals surface area contributed by atoms with E-state index < -0.39 is 0 Å². The summed E-state index contributed by atoms with van der Waals surface area (Å²) in [7, 11) is 1.58. The molecule has 0 aliphatic heterocycles. The van der Waals surface area contributed by atoms with E-state index in [9.17, 15) is 0 Å². The summed E-state index contributed by atoms with van der Waals surface area (Å²) in [4.78, 5) is 0. The molecule has 0 spiro atoms. The van der Waals surface area contributed by atoms with Gasteiger partial charge in [0, 0.05) is 0 Å². The molecule has 1 rings (SSSR count). The van der Waals surface area contributed by atoms with Crippen molar-refractivity contribution in [2.45, 2.75) is 6.42 Å². The monoisotopic (exact) mass is 172 g/mol. The average Bonchev–Trinajstić information content (AvgIpc) is 2.21. The summed E-state index contributed by atoms with van der Waals surface area (Å²) in [6.45, 7) is 0. The van der Waals surface area contributed by atoms with Crippen LogP contribution in [-0.4, -0.2) is 7.11 Å². The molecule has 1 nitrogen and oxygen atoms in total. The van der Waals surface area contributed by atoms with Gasteiger partial charge in [0.25, 0.3) is 0 Å². The number of methoxy groups -OCH3 is 1. The van der Waals surface area contributed by atoms with Gasteiger partial charge < -0.3 is 4.74 Å². The van der Waals surface area contributed by atoms with Gasteiger partial charge in [-0.1, -0.05) is 30.3 Å². The van der Waals surface area contributed by atoms with Crippen molar-refractivity contribution in [2.24, 2.45) is 0 Å². The maximum absolute atomic E-state index is 5.20. The Balaban J connectivity index is 2.62. The van der Waals surface area contributed by atoms with Gasteiger partial charge in [0.05, 0.1) is 7.11 Å². The lowest BCUT2D eigenvalue weighted by molar-refractivity contribution is 0.310. The molecule has 0 heterocycles. The van der Waals surface area contributed by atoms with E-state index in [1.165, 1.54) is 5.56 Å². The van der Waals surface area contributed by atoms with Crippen LogP contribution < -0.4 is 0 Å². The number of hydrogen-bond acceptors (Lipinski definition) is 1. The van der Waals surface area contributed by atoms with Gasteiger partial charge in [-0.25, -0.2) is 0 Å². The van der Waals surface area contributed by atoms with Crippen LogP contribution in [0.2, 0.25) is 0 Å². The molecule has 13 heavy (non-hydrogen) atoms. The van der Waals surface area contributed by atoms with Gasteiger partial charge in [0.15, 0.2) is 5.76 Å². The SMILES string of the molecule is C#C/C(=C/Cc1ccccc1)OC. The molecule has 1 aromatic carbocycles. The fraction of sp³-hybridized carbons (Fsp3) is 0.167. The zero-order chi connectivity index (χ0) is 9.52. The Morgan fingerprint density at radius 1 is 1.46 bits per heavy atom. The Bertz CT molecular complexity index is 317. The molecule has 0 radical (unpaired) electrons. The molecule has 0 amide bonds. The third kappa shape index (κ3) is 3.04. The smallest absolute Gasteiger partial charge is 0.165 e. The van der Waals surface area contributed by atoms with Crippen LogP contribution in [0, 0.1) is 12.3 Å². The van der Waals surface area contributed by atoms with E-state index in [-0.39, 0.29) is 0 Å². The van der Waals surface area contributed by atoms with Crippen LogP contribution in [0.1, 0.15) is 5.56 Å². The van der Waals surface area contributed by atoms with Crippen LogP contribution >= 0.6 is 0 Å². The highest BCUT2D eigenvalue weighted by molar-refractivity contribution is 5.23. The van der Waals surface area contributed by atoms with Gasteiger partial charge in [-0.15, -0.1) is 6.42 Å². The van der Waals surface area contributed by atoms with Crippen molar-refractivity contribution in [3.05, 3.63) is 47.7 Å². The van der Waals surface area contributed by atoms with Crippen molar-refractivity contribution in [1.29, 1.82) is 0 Å². The summed E-state index contributed by atoms with van der Waals surface area (Å²) in [5.74, 6) is 3.05. The second kappa shape index (κ2) is 5.05. The Hall–Kier alpha value is -1.68. The highest BCUT2D eigenvalue weighted by Crippen LogP contribution is 2.02. The van der Waals surface area contributed by atoms with E-state index in [1.807, 2.05) is 24.3 Å². The normalized spacial score (nSPS) is 10.6. The van der Waals surface area contributed by atoms with E-state index in [2.05, 4.69) is 18.1 Å². The largest absolute Gasteiger partial charge is 0.489 e. The Labute approximate surface area is 79.0 Å². The summed E-state index contributed by atoms with van der Waals surface area (Å²) in [5, 5.41) is 0. The Kier molecular flexibility index (Phi) is 3.66. The lowest BCUT2D eigenvalue weighted by Crippen LogP contribution is -1.85. The zero-order valence-electron chi connectivity index (χ0n) is 7.66. The van der Waals surface area contributed by atoms with E-state index in [1.54, 1.807) is 7.11 Å². The summed E-state index contributed by atoms with van der Waals surface area (Å²) >= 11 is 0. The summed E-state index contributed by atoms with van der Waals surface area (Å²) in [5.41, 5.74) is 1.23. The number of allylic oxidation sites excluding steroid dienone is 2. The fourth-order valence-electron chi connectivity index (χ4n) is 1.03. The van der Waals surface area contributed by atoms with Gasteiger partial charge >= 0.3 is 0 Å². The quantitative estimate of drug-likeness (QED) is 0.502. The highest BCUT2D eigenvalue weighted by atomic mass is 16.5. The van der Waals surface area contributed by atoms with E-state index >= 15 is 0 Å². The molecule has 1 aromatic rings. The first-order valence-electron chi connectivity index (χ1n) is 4.11. The number of rotatable bonds is 3. The minimum atomic E-state index is 0.587. The van der Waals surface area contributed by atoms with Crippen molar-refractivity contribution < 1.29 is 4.74 Å². The Morgan fingerprint density at radius 2 is 2.15 bits per heavy atom. The van der Waals surface area contributed by atoms with Crippen molar-refractivity contribution in [2.75, 3.05) is 7.11 Å². The number of hydrogen-bond donors (Lipinski definition) is 0. The van der Waals surface area contributed by atoms with Gasteiger partial charge in [0.1, 0.15) is 0 Å². The third-order valence-corrected chi connectivity index (χ3v) is 1.73.